The minimum absolute atomic E-state index is 0.121. The first-order valence-corrected chi connectivity index (χ1v) is 6.50. The molecule has 1 N–H and O–H groups in total. The van der Waals surface area contributed by atoms with Crippen LogP contribution in [0.5, 0.6) is 0 Å². The van der Waals surface area contributed by atoms with Gasteiger partial charge in [0.1, 0.15) is 0 Å². The maximum absolute atomic E-state index is 10.3. The van der Waals surface area contributed by atoms with E-state index in [0.717, 1.165) is 18.8 Å². The summed E-state index contributed by atoms with van der Waals surface area (Å²) < 4.78 is 5.76. The summed E-state index contributed by atoms with van der Waals surface area (Å²) in [5.41, 5.74) is 0. The second-order valence-electron chi connectivity index (χ2n) is 5.58. The molecule has 0 aromatic heterocycles. The molecule has 0 aromatic carbocycles. The van der Waals surface area contributed by atoms with Crippen LogP contribution in [-0.4, -0.2) is 23.4 Å². The van der Waals surface area contributed by atoms with Crippen molar-refractivity contribution < 1.29 is 9.84 Å². The van der Waals surface area contributed by atoms with Gasteiger partial charge in [0.25, 0.3) is 0 Å². The quantitative estimate of drug-likeness (QED) is 0.762. The summed E-state index contributed by atoms with van der Waals surface area (Å²) in [7, 11) is 0. The normalized spacial score (nSPS) is 44.2. The summed E-state index contributed by atoms with van der Waals surface area (Å²) in [6.07, 6.45) is 7.43. The van der Waals surface area contributed by atoms with Crippen molar-refractivity contribution in [1.29, 1.82) is 0 Å². The number of aliphatic hydroxyl groups excluding tert-OH is 1. The molecule has 5 unspecified atom stereocenters. The lowest BCUT2D eigenvalue weighted by atomic mass is 9.78. The van der Waals surface area contributed by atoms with E-state index in [-0.39, 0.29) is 12.2 Å². The number of aliphatic hydroxyl groups is 1. The molecular formula is C13H24O2. The Morgan fingerprint density at radius 2 is 1.93 bits per heavy atom. The maximum atomic E-state index is 10.3. The third-order valence-electron chi connectivity index (χ3n) is 4.11. The van der Waals surface area contributed by atoms with Gasteiger partial charge < -0.3 is 9.84 Å². The van der Waals surface area contributed by atoms with E-state index in [4.69, 9.17) is 4.74 Å². The molecule has 1 aliphatic carbocycles. The van der Waals surface area contributed by atoms with Crippen LogP contribution in [0.1, 0.15) is 52.4 Å². The van der Waals surface area contributed by atoms with Crippen molar-refractivity contribution >= 4 is 0 Å². The molecule has 1 aliphatic heterocycles. The Bertz CT molecular complexity index is 205. The topological polar surface area (TPSA) is 29.5 Å². The van der Waals surface area contributed by atoms with Crippen LogP contribution in [-0.2, 0) is 4.74 Å². The summed E-state index contributed by atoms with van der Waals surface area (Å²) in [5.74, 6) is 1.28. The minimum atomic E-state index is -0.210. The van der Waals surface area contributed by atoms with Gasteiger partial charge >= 0.3 is 0 Å². The second kappa shape index (κ2) is 4.84. The van der Waals surface area contributed by atoms with Gasteiger partial charge in [-0.15, -0.1) is 0 Å². The predicted octanol–water partition coefficient (Wildman–Crippen LogP) is 2.74. The molecule has 2 aliphatic rings. The molecule has 1 heterocycles. The molecule has 88 valence electrons. The fourth-order valence-corrected chi connectivity index (χ4v) is 3.18. The zero-order valence-corrected chi connectivity index (χ0v) is 9.98. The highest BCUT2D eigenvalue weighted by molar-refractivity contribution is 4.85. The van der Waals surface area contributed by atoms with Crippen LogP contribution in [0, 0.1) is 11.8 Å². The van der Waals surface area contributed by atoms with E-state index in [1.54, 1.807) is 0 Å². The lowest BCUT2D eigenvalue weighted by Crippen LogP contribution is -2.36. The zero-order valence-electron chi connectivity index (χ0n) is 9.98. The van der Waals surface area contributed by atoms with Gasteiger partial charge in [-0.05, 0) is 44.4 Å². The first-order chi connectivity index (χ1) is 7.16. The van der Waals surface area contributed by atoms with E-state index < -0.39 is 0 Å². The summed E-state index contributed by atoms with van der Waals surface area (Å²) in [6, 6.07) is 0. The highest BCUT2D eigenvalue weighted by Gasteiger charge is 2.35. The monoisotopic (exact) mass is 212 g/mol. The van der Waals surface area contributed by atoms with Crippen LogP contribution < -0.4 is 0 Å². The zero-order chi connectivity index (χ0) is 10.8. The molecular weight excluding hydrogens is 188 g/mol. The van der Waals surface area contributed by atoms with Crippen LogP contribution in [0.3, 0.4) is 0 Å². The predicted molar refractivity (Wildman–Crippen MR) is 60.7 cm³/mol. The molecule has 15 heavy (non-hydrogen) atoms. The van der Waals surface area contributed by atoms with Crippen LogP contribution in [0.25, 0.3) is 0 Å². The Balaban J connectivity index is 1.86. The van der Waals surface area contributed by atoms with Crippen molar-refractivity contribution in [1.82, 2.24) is 0 Å². The van der Waals surface area contributed by atoms with Crippen molar-refractivity contribution in [2.75, 3.05) is 0 Å². The highest BCUT2D eigenvalue weighted by Crippen LogP contribution is 2.35. The molecule has 0 spiro atoms. The van der Waals surface area contributed by atoms with Crippen LogP contribution in [0.4, 0.5) is 0 Å². The molecule has 2 heteroatoms. The molecule has 0 amide bonds. The Labute approximate surface area is 93.0 Å². The fourth-order valence-electron chi connectivity index (χ4n) is 3.18. The van der Waals surface area contributed by atoms with Gasteiger partial charge in [0.2, 0.25) is 0 Å². The van der Waals surface area contributed by atoms with E-state index >= 15 is 0 Å². The van der Waals surface area contributed by atoms with Gasteiger partial charge in [-0.3, -0.25) is 0 Å². The molecule has 2 rings (SSSR count). The average molecular weight is 212 g/mol. The summed E-state index contributed by atoms with van der Waals surface area (Å²) in [5, 5.41) is 10.3. The van der Waals surface area contributed by atoms with Gasteiger partial charge in [-0.1, -0.05) is 19.8 Å². The number of rotatable bonds is 2. The number of hydrogen-bond donors (Lipinski definition) is 1. The third-order valence-corrected chi connectivity index (χ3v) is 4.11. The van der Waals surface area contributed by atoms with Crippen LogP contribution in [0.15, 0.2) is 0 Å². The van der Waals surface area contributed by atoms with Gasteiger partial charge in [0.15, 0.2) is 0 Å². The standard InChI is InChI=1S/C13H24O2/c1-9-4-3-5-11(8-9)13(14)12-7-6-10(2)15-12/h9-14H,3-8H2,1-2H3. The first-order valence-electron chi connectivity index (χ1n) is 6.50. The van der Waals surface area contributed by atoms with E-state index in [9.17, 15) is 5.11 Å². The third kappa shape index (κ3) is 2.73. The van der Waals surface area contributed by atoms with Crippen molar-refractivity contribution in [2.45, 2.75) is 70.7 Å². The van der Waals surface area contributed by atoms with Crippen molar-refractivity contribution in [2.24, 2.45) is 11.8 Å². The van der Waals surface area contributed by atoms with Crippen molar-refractivity contribution in [3.63, 3.8) is 0 Å². The Hall–Kier alpha value is -0.0800. The number of hydrogen-bond acceptors (Lipinski definition) is 2. The lowest BCUT2D eigenvalue weighted by molar-refractivity contribution is -0.0630. The molecule has 2 nitrogen and oxygen atoms in total. The van der Waals surface area contributed by atoms with Gasteiger partial charge in [-0.25, -0.2) is 0 Å². The van der Waals surface area contributed by atoms with E-state index in [2.05, 4.69) is 13.8 Å². The first kappa shape index (κ1) is 11.4. The Morgan fingerprint density at radius 3 is 2.53 bits per heavy atom. The maximum Gasteiger partial charge on any atom is 0.0841 e. The lowest BCUT2D eigenvalue weighted by Gasteiger charge is -2.33. The Morgan fingerprint density at radius 1 is 1.13 bits per heavy atom. The molecule has 5 atom stereocenters. The smallest absolute Gasteiger partial charge is 0.0841 e. The number of ether oxygens (including phenoxy) is 1. The van der Waals surface area contributed by atoms with E-state index in [1.165, 1.54) is 25.7 Å². The van der Waals surface area contributed by atoms with Crippen molar-refractivity contribution in [3.8, 4) is 0 Å². The minimum Gasteiger partial charge on any atom is -0.390 e. The van der Waals surface area contributed by atoms with Gasteiger partial charge in [0, 0.05) is 0 Å². The summed E-state index contributed by atoms with van der Waals surface area (Å²) >= 11 is 0. The largest absolute Gasteiger partial charge is 0.390 e. The summed E-state index contributed by atoms with van der Waals surface area (Å²) in [6.45, 7) is 4.41. The molecule has 2 fully saturated rings. The molecule has 1 saturated carbocycles. The van der Waals surface area contributed by atoms with E-state index in [1.807, 2.05) is 0 Å². The molecule has 0 bridgehead atoms. The van der Waals surface area contributed by atoms with E-state index in [0.29, 0.717) is 12.0 Å². The van der Waals surface area contributed by atoms with Gasteiger partial charge in [-0.2, -0.15) is 0 Å². The Kier molecular flexibility index (Phi) is 3.68. The van der Waals surface area contributed by atoms with Crippen LogP contribution in [0.2, 0.25) is 0 Å². The molecule has 0 radical (unpaired) electrons. The van der Waals surface area contributed by atoms with Crippen LogP contribution >= 0.6 is 0 Å². The fraction of sp³-hybridized carbons (Fsp3) is 1.00. The molecule has 1 saturated heterocycles. The summed E-state index contributed by atoms with van der Waals surface area (Å²) in [4.78, 5) is 0. The van der Waals surface area contributed by atoms with Crippen molar-refractivity contribution in [3.05, 3.63) is 0 Å². The highest BCUT2D eigenvalue weighted by atomic mass is 16.5. The van der Waals surface area contributed by atoms with Gasteiger partial charge in [0.05, 0.1) is 18.3 Å². The molecule has 0 aromatic rings. The second-order valence-corrected chi connectivity index (χ2v) is 5.58. The average Bonchev–Trinajstić information content (AvgIpc) is 2.64. The SMILES string of the molecule is CC1CCCC(C(O)C2CCC(C)O2)C1.